The third kappa shape index (κ3) is 5.23. The Balaban J connectivity index is 2.20. The van der Waals surface area contributed by atoms with Crippen LogP contribution in [0.3, 0.4) is 0 Å². The van der Waals surface area contributed by atoms with Crippen LogP contribution in [0.1, 0.15) is 26.3 Å². The van der Waals surface area contributed by atoms with Gasteiger partial charge in [0.2, 0.25) is 0 Å². The molecule has 148 valence electrons. The molecule has 7 nitrogen and oxygen atoms in total. The van der Waals surface area contributed by atoms with Gasteiger partial charge in [-0.15, -0.1) is 0 Å². The number of nitrogens with one attached hydrogen (secondary N) is 1. The van der Waals surface area contributed by atoms with Crippen molar-refractivity contribution < 1.29 is 28.6 Å². The second-order valence-electron chi connectivity index (χ2n) is 5.79. The lowest BCUT2D eigenvalue weighted by Gasteiger charge is -2.17. The van der Waals surface area contributed by atoms with Crippen molar-refractivity contribution in [3.05, 3.63) is 64.2 Å². The standard InChI is InChI=1S/C20H20ClNO6/c1-26-17-8-7-12(9-15(17)21)10-16(20(25)28-3)22-18(23)13-5-4-6-14(11-13)19(24)27-2/h4-9,11,16H,10H2,1-3H3,(H,22,23)/t16-/m0/s1. The number of halogens is 1. The molecule has 0 fully saturated rings. The molecule has 8 heteroatoms. The summed E-state index contributed by atoms with van der Waals surface area (Å²) >= 11 is 6.12. The van der Waals surface area contributed by atoms with Crippen molar-refractivity contribution >= 4 is 29.4 Å². The van der Waals surface area contributed by atoms with Gasteiger partial charge in [0.1, 0.15) is 11.8 Å². The van der Waals surface area contributed by atoms with Crippen LogP contribution >= 0.6 is 11.6 Å². The quantitative estimate of drug-likeness (QED) is 0.712. The van der Waals surface area contributed by atoms with E-state index in [1.807, 2.05) is 0 Å². The number of ether oxygens (including phenoxy) is 3. The van der Waals surface area contributed by atoms with Crippen LogP contribution in [0.4, 0.5) is 0 Å². The first-order valence-corrected chi connectivity index (χ1v) is 8.66. The van der Waals surface area contributed by atoms with Crippen LogP contribution in [0.5, 0.6) is 5.75 Å². The number of methoxy groups -OCH3 is 3. The zero-order valence-corrected chi connectivity index (χ0v) is 16.4. The fourth-order valence-electron chi connectivity index (χ4n) is 2.55. The SMILES string of the molecule is COC(=O)c1cccc(C(=O)N[C@@H](Cc2ccc(OC)c(Cl)c2)C(=O)OC)c1. The molecular formula is C20H20ClNO6. The summed E-state index contributed by atoms with van der Waals surface area (Å²) in [5.41, 5.74) is 1.15. The summed E-state index contributed by atoms with van der Waals surface area (Å²) in [6.07, 6.45) is 0.165. The molecule has 0 spiro atoms. The number of esters is 2. The van der Waals surface area contributed by atoms with E-state index in [-0.39, 0.29) is 17.5 Å². The molecule has 0 aromatic heterocycles. The Labute approximate surface area is 167 Å². The summed E-state index contributed by atoms with van der Waals surface area (Å²) in [7, 11) is 3.99. The second kappa shape index (κ2) is 9.75. The highest BCUT2D eigenvalue weighted by atomic mass is 35.5. The minimum Gasteiger partial charge on any atom is -0.495 e. The maximum atomic E-state index is 12.6. The summed E-state index contributed by atoms with van der Waals surface area (Å²) in [6, 6.07) is 10.1. The van der Waals surface area contributed by atoms with Crippen LogP contribution in [0, 0.1) is 0 Å². The number of benzene rings is 2. The van der Waals surface area contributed by atoms with Crippen molar-refractivity contribution in [3.8, 4) is 5.75 Å². The molecule has 2 aromatic carbocycles. The molecule has 0 radical (unpaired) electrons. The smallest absolute Gasteiger partial charge is 0.337 e. The number of carbonyl (C=O) groups excluding carboxylic acids is 3. The first-order valence-electron chi connectivity index (χ1n) is 8.29. The molecule has 1 atom stereocenters. The monoisotopic (exact) mass is 405 g/mol. The highest BCUT2D eigenvalue weighted by Crippen LogP contribution is 2.25. The van der Waals surface area contributed by atoms with Crippen molar-refractivity contribution in [1.82, 2.24) is 5.32 Å². The molecule has 0 aliphatic heterocycles. The molecule has 0 saturated carbocycles. The number of carbonyl (C=O) groups is 3. The van der Waals surface area contributed by atoms with Crippen LogP contribution in [-0.4, -0.2) is 45.2 Å². The summed E-state index contributed by atoms with van der Waals surface area (Å²) in [5, 5.41) is 3.01. The Morgan fingerprint density at radius 3 is 2.32 bits per heavy atom. The minimum absolute atomic E-state index is 0.165. The second-order valence-corrected chi connectivity index (χ2v) is 6.20. The van der Waals surface area contributed by atoms with Crippen molar-refractivity contribution in [2.75, 3.05) is 21.3 Å². The van der Waals surface area contributed by atoms with Gasteiger partial charge < -0.3 is 19.5 Å². The lowest BCUT2D eigenvalue weighted by molar-refractivity contribution is -0.142. The molecule has 1 N–H and O–H groups in total. The largest absolute Gasteiger partial charge is 0.495 e. The van der Waals surface area contributed by atoms with E-state index in [0.29, 0.717) is 16.3 Å². The lowest BCUT2D eigenvalue weighted by Crippen LogP contribution is -2.43. The van der Waals surface area contributed by atoms with Gasteiger partial charge in [-0.25, -0.2) is 9.59 Å². The van der Waals surface area contributed by atoms with E-state index < -0.39 is 23.9 Å². The van der Waals surface area contributed by atoms with Crippen molar-refractivity contribution in [2.24, 2.45) is 0 Å². The van der Waals surface area contributed by atoms with Gasteiger partial charge in [0, 0.05) is 12.0 Å². The lowest BCUT2D eigenvalue weighted by atomic mass is 10.0. The molecule has 0 aliphatic carbocycles. The van der Waals surface area contributed by atoms with Gasteiger partial charge in [-0.1, -0.05) is 23.7 Å². The van der Waals surface area contributed by atoms with E-state index >= 15 is 0 Å². The van der Waals surface area contributed by atoms with Gasteiger partial charge in [-0.3, -0.25) is 4.79 Å². The van der Waals surface area contributed by atoms with Crippen LogP contribution in [-0.2, 0) is 20.7 Å². The average molecular weight is 406 g/mol. The van der Waals surface area contributed by atoms with E-state index in [2.05, 4.69) is 10.1 Å². The summed E-state index contributed by atoms with van der Waals surface area (Å²) in [5.74, 6) is -1.19. The maximum Gasteiger partial charge on any atom is 0.337 e. The van der Waals surface area contributed by atoms with Gasteiger partial charge in [0.15, 0.2) is 0 Å². The Morgan fingerprint density at radius 2 is 1.71 bits per heavy atom. The third-order valence-electron chi connectivity index (χ3n) is 3.99. The Morgan fingerprint density at radius 1 is 1.00 bits per heavy atom. The fraction of sp³-hybridized carbons (Fsp3) is 0.250. The predicted molar refractivity (Wildman–Crippen MR) is 103 cm³/mol. The summed E-state index contributed by atoms with van der Waals surface area (Å²) in [4.78, 5) is 36.4. The van der Waals surface area contributed by atoms with E-state index in [1.54, 1.807) is 24.3 Å². The zero-order chi connectivity index (χ0) is 20.7. The van der Waals surface area contributed by atoms with Crippen LogP contribution in [0.25, 0.3) is 0 Å². The summed E-state index contributed by atoms with van der Waals surface area (Å²) in [6.45, 7) is 0. The van der Waals surface area contributed by atoms with Crippen LogP contribution in [0.15, 0.2) is 42.5 Å². The number of hydrogen-bond donors (Lipinski definition) is 1. The fourth-order valence-corrected chi connectivity index (χ4v) is 2.84. The zero-order valence-electron chi connectivity index (χ0n) is 15.7. The molecule has 1 amide bonds. The van der Waals surface area contributed by atoms with E-state index in [4.69, 9.17) is 21.1 Å². The number of rotatable bonds is 7. The van der Waals surface area contributed by atoms with Gasteiger partial charge >= 0.3 is 11.9 Å². The number of amides is 1. The van der Waals surface area contributed by atoms with Crippen molar-refractivity contribution in [2.45, 2.75) is 12.5 Å². The predicted octanol–water partition coefficient (Wildman–Crippen LogP) is 2.65. The van der Waals surface area contributed by atoms with Gasteiger partial charge in [-0.2, -0.15) is 0 Å². The van der Waals surface area contributed by atoms with E-state index in [1.165, 1.54) is 39.5 Å². The first kappa shape index (κ1) is 21.2. The van der Waals surface area contributed by atoms with Crippen molar-refractivity contribution in [3.63, 3.8) is 0 Å². The molecule has 0 aliphatic rings. The van der Waals surface area contributed by atoms with E-state index in [0.717, 1.165) is 0 Å². The van der Waals surface area contributed by atoms with E-state index in [9.17, 15) is 14.4 Å². The molecule has 0 saturated heterocycles. The molecule has 0 bridgehead atoms. The Kier molecular flexibility index (Phi) is 7.40. The Hall–Kier alpha value is -3.06. The van der Waals surface area contributed by atoms with Crippen LogP contribution < -0.4 is 10.1 Å². The van der Waals surface area contributed by atoms with Gasteiger partial charge in [0.05, 0.1) is 31.9 Å². The van der Waals surface area contributed by atoms with Gasteiger partial charge in [-0.05, 0) is 35.9 Å². The highest BCUT2D eigenvalue weighted by Gasteiger charge is 2.23. The average Bonchev–Trinajstić information content (AvgIpc) is 2.72. The maximum absolute atomic E-state index is 12.6. The third-order valence-corrected chi connectivity index (χ3v) is 4.29. The Bertz CT molecular complexity index is 883. The molecule has 2 rings (SSSR count). The van der Waals surface area contributed by atoms with Gasteiger partial charge in [0.25, 0.3) is 5.91 Å². The minimum atomic E-state index is -0.941. The summed E-state index contributed by atoms with van der Waals surface area (Å²) < 4.78 is 14.5. The van der Waals surface area contributed by atoms with Crippen molar-refractivity contribution in [1.29, 1.82) is 0 Å². The topological polar surface area (TPSA) is 90.9 Å². The molecule has 0 heterocycles. The number of hydrogen-bond acceptors (Lipinski definition) is 6. The highest BCUT2D eigenvalue weighted by molar-refractivity contribution is 6.32. The molecule has 2 aromatic rings. The molecular weight excluding hydrogens is 386 g/mol. The molecule has 28 heavy (non-hydrogen) atoms. The normalized spacial score (nSPS) is 11.3. The molecule has 0 unspecified atom stereocenters. The van der Waals surface area contributed by atoms with Crippen LogP contribution in [0.2, 0.25) is 5.02 Å². The first-order chi connectivity index (χ1) is 13.4.